The zero-order valence-electron chi connectivity index (χ0n) is 9.08. The minimum Gasteiger partial charge on any atom is -0.372 e. The van der Waals surface area contributed by atoms with Gasteiger partial charge in [0.05, 0.1) is 0 Å². The Morgan fingerprint density at radius 3 is 2.33 bits per heavy atom. The molecular formula is C13H18N2. The van der Waals surface area contributed by atoms with Crippen molar-refractivity contribution in [3.05, 3.63) is 29.8 Å². The third-order valence-electron chi connectivity index (χ3n) is 3.00. The lowest BCUT2D eigenvalue weighted by molar-refractivity contribution is 0.578. The van der Waals surface area contributed by atoms with Crippen LogP contribution in [0.5, 0.6) is 0 Å². The van der Waals surface area contributed by atoms with E-state index in [1.54, 1.807) is 0 Å². The van der Waals surface area contributed by atoms with E-state index in [0.717, 1.165) is 6.42 Å². The number of nitrogens with zero attached hydrogens (tertiary/aromatic N) is 1. The van der Waals surface area contributed by atoms with E-state index in [1.165, 1.54) is 49.8 Å². The molecule has 1 aliphatic rings. The van der Waals surface area contributed by atoms with E-state index >= 15 is 0 Å². The fourth-order valence-electron chi connectivity index (χ4n) is 2.11. The SMILES string of the molecule is N=CCc1ccc(N2CCCCC2)cc1. The Morgan fingerprint density at radius 1 is 1.07 bits per heavy atom. The maximum atomic E-state index is 7.05. The van der Waals surface area contributed by atoms with Crippen molar-refractivity contribution in [1.82, 2.24) is 0 Å². The van der Waals surface area contributed by atoms with E-state index in [1.807, 2.05) is 0 Å². The summed E-state index contributed by atoms with van der Waals surface area (Å²) in [6.07, 6.45) is 6.23. The van der Waals surface area contributed by atoms with Crippen molar-refractivity contribution in [3.63, 3.8) is 0 Å². The second-order valence-electron chi connectivity index (χ2n) is 4.12. The van der Waals surface area contributed by atoms with Crippen LogP contribution in [0.25, 0.3) is 0 Å². The van der Waals surface area contributed by atoms with E-state index in [4.69, 9.17) is 5.41 Å². The lowest BCUT2D eigenvalue weighted by Crippen LogP contribution is -2.29. The predicted octanol–water partition coefficient (Wildman–Crippen LogP) is 2.87. The van der Waals surface area contributed by atoms with Gasteiger partial charge in [-0.2, -0.15) is 0 Å². The minimum atomic E-state index is 0.750. The molecule has 80 valence electrons. The Hall–Kier alpha value is -1.31. The van der Waals surface area contributed by atoms with Crippen LogP contribution in [-0.4, -0.2) is 19.3 Å². The highest BCUT2D eigenvalue weighted by atomic mass is 15.1. The van der Waals surface area contributed by atoms with Crippen molar-refractivity contribution < 1.29 is 0 Å². The van der Waals surface area contributed by atoms with Crippen LogP contribution in [0.4, 0.5) is 5.69 Å². The Bertz CT molecular complexity index is 310. The molecule has 1 N–H and O–H groups in total. The summed E-state index contributed by atoms with van der Waals surface area (Å²) in [5.74, 6) is 0. The highest BCUT2D eigenvalue weighted by molar-refractivity contribution is 5.59. The van der Waals surface area contributed by atoms with E-state index in [9.17, 15) is 0 Å². The molecule has 1 aliphatic heterocycles. The smallest absolute Gasteiger partial charge is 0.0366 e. The van der Waals surface area contributed by atoms with Crippen LogP contribution in [0.1, 0.15) is 24.8 Å². The first kappa shape index (κ1) is 10.2. The van der Waals surface area contributed by atoms with Gasteiger partial charge in [0.2, 0.25) is 0 Å². The Balaban J connectivity index is 2.04. The molecule has 1 aromatic rings. The van der Waals surface area contributed by atoms with Gasteiger partial charge in [-0.3, -0.25) is 0 Å². The molecule has 2 rings (SSSR count). The van der Waals surface area contributed by atoms with Gasteiger partial charge in [0.15, 0.2) is 0 Å². The van der Waals surface area contributed by atoms with Crippen LogP contribution in [0, 0.1) is 5.41 Å². The van der Waals surface area contributed by atoms with Gasteiger partial charge < -0.3 is 10.3 Å². The van der Waals surface area contributed by atoms with Crippen LogP contribution < -0.4 is 4.90 Å². The third-order valence-corrected chi connectivity index (χ3v) is 3.00. The monoisotopic (exact) mass is 202 g/mol. The summed E-state index contributed by atoms with van der Waals surface area (Å²) >= 11 is 0. The van der Waals surface area contributed by atoms with Crippen molar-refractivity contribution in [2.24, 2.45) is 0 Å². The summed E-state index contributed by atoms with van der Waals surface area (Å²) in [5.41, 5.74) is 2.56. The van der Waals surface area contributed by atoms with Crippen LogP contribution in [-0.2, 0) is 6.42 Å². The Labute approximate surface area is 91.4 Å². The van der Waals surface area contributed by atoms with Crippen molar-refractivity contribution in [3.8, 4) is 0 Å². The summed E-state index contributed by atoms with van der Waals surface area (Å²) in [4.78, 5) is 2.46. The third kappa shape index (κ3) is 2.58. The zero-order chi connectivity index (χ0) is 10.5. The molecule has 2 nitrogen and oxygen atoms in total. The van der Waals surface area contributed by atoms with Gasteiger partial charge in [-0.05, 0) is 43.2 Å². The molecule has 2 heteroatoms. The highest BCUT2D eigenvalue weighted by Crippen LogP contribution is 2.20. The van der Waals surface area contributed by atoms with E-state index in [-0.39, 0.29) is 0 Å². The summed E-state index contributed by atoms with van der Waals surface area (Å²) in [6, 6.07) is 8.64. The van der Waals surface area contributed by atoms with Crippen LogP contribution >= 0.6 is 0 Å². The molecule has 0 spiro atoms. The van der Waals surface area contributed by atoms with Crippen molar-refractivity contribution in [1.29, 1.82) is 5.41 Å². The minimum absolute atomic E-state index is 0.750. The number of hydrogen-bond acceptors (Lipinski definition) is 2. The van der Waals surface area contributed by atoms with Gasteiger partial charge >= 0.3 is 0 Å². The fourth-order valence-corrected chi connectivity index (χ4v) is 2.11. The molecule has 0 radical (unpaired) electrons. The average molecular weight is 202 g/mol. The quantitative estimate of drug-likeness (QED) is 0.750. The topological polar surface area (TPSA) is 27.1 Å². The first-order valence-electron chi connectivity index (χ1n) is 5.73. The lowest BCUT2D eigenvalue weighted by Gasteiger charge is -2.28. The first-order valence-corrected chi connectivity index (χ1v) is 5.73. The maximum absolute atomic E-state index is 7.05. The average Bonchev–Trinajstić information content (AvgIpc) is 2.32. The van der Waals surface area contributed by atoms with Gasteiger partial charge in [-0.15, -0.1) is 0 Å². The summed E-state index contributed by atoms with van der Waals surface area (Å²) < 4.78 is 0. The van der Waals surface area contributed by atoms with Crippen molar-refractivity contribution in [2.45, 2.75) is 25.7 Å². The van der Waals surface area contributed by atoms with Crippen molar-refractivity contribution in [2.75, 3.05) is 18.0 Å². The molecule has 0 bridgehead atoms. The molecule has 0 aliphatic carbocycles. The zero-order valence-corrected chi connectivity index (χ0v) is 9.08. The maximum Gasteiger partial charge on any atom is 0.0366 e. The normalized spacial score (nSPS) is 16.4. The van der Waals surface area contributed by atoms with Gasteiger partial charge in [0.1, 0.15) is 0 Å². The summed E-state index contributed by atoms with van der Waals surface area (Å²) in [7, 11) is 0. The number of rotatable bonds is 3. The van der Waals surface area contributed by atoms with Crippen LogP contribution in [0.2, 0.25) is 0 Å². The molecule has 0 amide bonds. The number of benzene rings is 1. The number of piperidine rings is 1. The van der Waals surface area contributed by atoms with Gasteiger partial charge in [-0.25, -0.2) is 0 Å². The standard InChI is InChI=1S/C13H18N2/c14-9-8-12-4-6-13(7-5-12)15-10-2-1-3-11-15/h4-7,9,14H,1-3,8,10-11H2. The second kappa shape index (κ2) is 4.96. The second-order valence-corrected chi connectivity index (χ2v) is 4.12. The van der Waals surface area contributed by atoms with Gasteiger partial charge in [0.25, 0.3) is 0 Å². The van der Waals surface area contributed by atoms with Crippen molar-refractivity contribution >= 4 is 11.9 Å². The molecule has 0 unspecified atom stereocenters. The number of hydrogen-bond donors (Lipinski definition) is 1. The molecule has 0 aromatic heterocycles. The highest BCUT2D eigenvalue weighted by Gasteiger charge is 2.09. The molecule has 1 aromatic carbocycles. The van der Waals surface area contributed by atoms with Gasteiger partial charge in [-0.1, -0.05) is 12.1 Å². The van der Waals surface area contributed by atoms with Crippen LogP contribution in [0.15, 0.2) is 24.3 Å². The Morgan fingerprint density at radius 2 is 1.73 bits per heavy atom. The molecular weight excluding hydrogens is 184 g/mol. The first-order chi connectivity index (χ1) is 7.40. The van der Waals surface area contributed by atoms with Gasteiger partial charge in [0, 0.05) is 25.2 Å². The summed E-state index contributed by atoms with van der Waals surface area (Å²) in [6.45, 7) is 2.40. The molecule has 1 saturated heterocycles. The molecule has 1 heterocycles. The van der Waals surface area contributed by atoms with E-state index in [2.05, 4.69) is 29.2 Å². The molecule has 1 fully saturated rings. The number of anilines is 1. The predicted molar refractivity (Wildman–Crippen MR) is 65.0 cm³/mol. The summed E-state index contributed by atoms with van der Waals surface area (Å²) in [5, 5.41) is 7.05. The van der Waals surface area contributed by atoms with E-state index in [0.29, 0.717) is 0 Å². The lowest BCUT2D eigenvalue weighted by atomic mass is 10.1. The van der Waals surface area contributed by atoms with Crippen LogP contribution in [0.3, 0.4) is 0 Å². The molecule has 15 heavy (non-hydrogen) atoms. The molecule has 0 atom stereocenters. The molecule has 0 saturated carbocycles. The Kier molecular flexibility index (Phi) is 3.38. The fraction of sp³-hybridized carbons (Fsp3) is 0.462. The van der Waals surface area contributed by atoms with E-state index < -0.39 is 0 Å². The largest absolute Gasteiger partial charge is 0.372 e. The number of nitrogens with one attached hydrogen (secondary N) is 1.